The Morgan fingerprint density at radius 2 is 1.97 bits per heavy atom. The van der Waals surface area contributed by atoms with E-state index < -0.39 is 11.7 Å². The lowest BCUT2D eigenvalue weighted by molar-refractivity contribution is -0.137. The molecule has 0 unspecified atom stereocenters. The molecule has 0 aliphatic heterocycles. The summed E-state index contributed by atoms with van der Waals surface area (Å²) >= 11 is 7.99. The standard InChI is InChI=1S/C20H16ClF3N6S/c1-10-12(3)31-19-16(10)18(25-9-26-19)28-27-8-15-11(2)29-30(17(15)21)14-6-4-5-13(7-14)20(22,23)24/h4-9H,1-3H3,(H,25,26,28). The van der Waals surface area contributed by atoms with E-state index >= 15 is 0 Å². The number of fused-ring (bicyclic) bond motifs is 1. The van der Waals surface area contributed by atoms with Crippen LogP contribution in [0.4, 0.5) is 19.0 Å². The fourth-order valence-electron chi connectivity index (χ4n) is 3.07. The number of thiophene rings is 1. The summed E-state index contributed by atoms with van der Waals surface area (Å²) in [6.45, 7) is 5.71. The number of benzene rings is 1. The van der Waals surface area contributed by atoms with Crippen LogP contribution in [0, 0.1) is 20.8 Å². The van der Waals surface area contributed by atoms with Gasteiger partial charge in [-0.2, -0.15) is 23.4 Å². The molecule has 0 fully saturated rings. The Labute approximate surface area is 184 Å². The number of hydrazone groups is 1. The normalized spacial score (nSPS) is 12.2. The molecule has 6 nitrogen and oxygen atoms in total. The van der Waals surface area contributed by atoms with E-state index in [1.54, 1.807) is 18.3 Å². The van der Waals surface area contributed by atoms with Crippen LogP contribution in [0.2, 0.25) is 5.15 Å². The first-order valence-electron chi connectivity index (χ1n) is 9.09. The molecule has 1 aromatic carbocycles. The van der Waals surface area contributed by atoms with Crippen LogP contribution in [-0.4, -0.2) is 26.0 Å². The quantitative estimate of drug-likeness (QED) is 0.300. The molecule has 4 rings (SSSR count). The topological polar surface area (TPSA) is 68.0 Å². The van der Waals surface area contributed by atoms with Crippen molar-refractivity contribution in [1.29, 1.82) is 0 Å². The number of nitrogens with zero attached hydrogens (tertiary/aromatic N) is 5. The van der Waals surface area contributed by atoms with Crippen LogP contribution in [0.5, 0.6) is 0 Å². The molecule has 0 aliphatic rings. The molecule has 11 heteroatoms. The van der Waals surface area contributed by atoms with Gasteiger partial charge in [-0.1, -0.05) is 17.7 Å². The summed E-state index contributed by atoms with van der Waals surface area (Å²) in [5.74, 6) is 0.558. The van der Waals surface area contributed by atoms with Crippen molar-refractivity contribution in [3.63, 3.8) is 0 Å². The number of halogens is 4. The lowest BCUT2D eigenvalue weighted by Crippen LogP contribution is -2.06. The van der Waals surface area contributed by atoms with Crippen molar-refractivity contribution in [1.82, 2.24) is 19.7 Å². The fourth-order valence-corrected chi connectivity index (χ4v) is 4.39. The minimum atomic E-state index is -4.46. The summed E-state index contributed by atoms with van der Waals surface area (Å²) in [6.07, 6.45) is -1.53. The smallest absolute Gasteiger partial charge is 0.261 e. The number of rotatable bonds is 4. The number of aromatic nitrogens is 4. The van der Waals surface area contributed by atoms with Gasteiger partial charge in [0.05, 0.1) is 34.1 Å². The van der Waals surface area contributed by atoms with Crippen LogP contribution in [0.1, 0.15) is 27.3 Å². The Balaban J connectivity index is 1.64. The van der Waals surface area contributed by atoms with Crippen LogP contribution in [0.3, 0.4) is 0 Å². The Hall–Kier alpha value is -2.98. The Bertz CT molecular complexity index is 1310. The average Bonchev–Trinajstić information content (AvgIpc) is 3.18. The van der Waals surface area contributed by atoms with Crippen LogP contribution in [0.15, 0.2) is 35.7 Å². The van der Waals surface area contributed by atoms with Crippen LogP contribution in [0.25, 0.3) is 15.9 Å². The molecule has 0 saturated carbocycles. The number of anilines is 1. The van der Waals surface area contributed by atoms with E-state index in [4.69, 9.17) is 11.6 Å². The van der Waals surface area contributed by atoms with Gasteiger partial charge in [-0.15, -0.1) is 11.3 Å². The maximum absolute atomic E-state index is 13.0. The molecule has 4 aromatic rings. The molecular formula is C20H16ClF3N6S. The third-order valence-electron chi connectivity index (χ3n) is 4.80. The van der Waals surface area contributed by atoms with Crippen molar-refractivity contribution in [2.75, 3.05) is 5.43 Å². The summed E-state index contributed by atoms with van der Waals surface area (Å²) in [5.41, 5.74) is 4.40. The van der Waals surface area contributed by atoms with Crippen molar-refractivity contribution >= 4 is 45.2 Å². The zero-order valence-electron chi connectivity index (χ0n) is 16.6. The van der Waals surface area contributed by atoms with Crippen LogP contribution < -0.4 is 5.43 Å². The van der Waals surface area contributed by atoms with Crippen molar-refractivity contribution in [3.8, 4) is 5.69 Å². The molecule has 0 saturated heterocycles. The van der Waals surface area contributed by atoms with Gasteiger partial charge in [0.15, 0.2) is 5.82 Å². The third-order valence-corrected chi connectivity index (χ3v) is 6.27. The number of aryl methyl sites for hydroxylation is 3. The number of nitrogens with one attached hydrogen (secondary N) is 1. The Kier molecular flexibility index (Phi) is 5.44. The second-order valence-corrected chi connectivity index (χ2v) is 8.37. The molecule has 160 valence electrons. The van der Waals surface area contributed by atoms with Gasteiger partial charge in [0, 0.05) is 4.88 Å². The highest BCUT2D eigenvalue weighted by Gasteiger charge is 2.30. The van der Waals surface area contributed by atoms with Crippen molar-refractivity contribution in [2.45, 2.75) is 26.9 Å². The third kappa shape index (κ3) is 4.00. The highest BCUT2D eigenvalue weighted by Crippen LogP contribution is 2.33. The maximum atomic E-state index is 13.0. The van der Waals surface area contributed by atoms with Crippen LogP contribution >= 0.6 is 22.9 Å². The lowest BCUT2D eigenvalue weighted by Gasteiger charge is -2.09. The Morgan fingerprint density at radius 1 is 1.19 bits per heavy atom. The van der Waals surface area contributed by atoms with Gasteiger partial charge in [0.2, 0.25) is 0 Å². The molecule has 31 heavy (non-hydrogen) atoms. The minimum absolute atomic E-state index is 0.151. The van der Waals surface area contributed by atoms with E-state index in [0.29, 0.717) is 17.1 Å². The number of alkyl halides is 3. The highest BCUT2D eigenvalue weighted by atomic mass is 35.5. The summed E-state index contributed by atoms with van der Waals surface area (Å²) < 4.78 is 40.4. The van der Waals surface area contributed by atoms with E-state index in [-0.39, 0.29) is 10.8 Å². The Morgan fingerprint density at radius 3 is 2.71 bits per heavy atom. The SMILES string of the molecule is Cc1nn(-c2cccc(C(F)(F)F)c2)c(Cl)c1C=NNc1ncnc2sc(C)c(C)c12. The van der Waals surface area contributed by atoms with Gasteiger partial charge in [-0.25, -0.2) is 14.6 Å². The molecule has 0 bridgehead atoms. The summed E-state index contributed by atoms with van der Waals surface area (Å²) in [5, 5.41) is 9.53. The summed E-state index contributed by atoms with van der Waals surface area (Å²) in [6, 6.07) is 4.81. The van der Waals surface area contributed by atoms with E-state index in [9.17, 15) is 13.2 Å². The first-order chi connectivity index (χ1) is 14.7. The van der Waals surface area contributed by atoms with Gasteiger partial charge in [0.25, 0.3) is 0 Å². The second kappa shape index (κ2) is 7.93. The minimum Gasteiger partial charge on any atom is -0.261 e. The van der Waals surface area contributed by atoms with Gasteiger partial charge in [0.1, 0.15) is 16.3 Å². The first kappa shape index (κ1) is 21.3. The largest absolute Gasteiger partial charge is 0.416 e. The number of hydrogen-bond donors (Lipinski definition) is 1. The fraction of sp³-hybridized carbons (Fsp3) is 0.200. The van der Waals surface area contributed by atoms with Crippen molar-refractivity contribution in [3.05, 3.63) is 63.0 Å². The van der Waals surface area contributed by atoms with E-state index in [0.717, 1.165) is 32.8 Å². The monoisotopic (exact) mass is 464 g/mol. The molecule has 1 N–H and O–H groups in total. The first-order valence-corrected chi connectivity index (χ1v) is 10.3. The van der Waals surface area contributed by atoms with E-state index in [1.807, 2.05) is 13.8 Å². The maximum Gasteiger partial charge on any atom is 0.416 e. The zero-order chi connectivity index (χ0) is 22.3. The molecule has 3 heterocycles. The van der Waals surface area contributed by atoms with Gasteiger partial charge in [-0.05, 0) is 44.5 Å². The molecule has 3 aromatic heterocycles. The van der Waals surface area contributed by atoms with E-state index in [1.165, 1.54) is 29.4 Å². The second-order valence-electron chi connectivity index (χ2n) is 6.81. The molecular weight excluding hydrogens is 449 g/mol. The van der Waals surface area contributed by atoms with Crippen LogP contribution in [-0.2, 0) is 6.18 Å². The molecule has 0 radical (unpaired) electrons. The van der Waals surface area contributed by atoms with Crippen molar-refractivity contribution < 1.29 is 13.2 Å². The summed E-state index contributed by atoms with van der Waals surface area (Å²) in [4.78, 5) is 10.5. The number of hydrogen-bond acceptors (Lipinski definition) is 6. The molecule has 0 spiro atoms. The van der Waals surface area contributed by atoms with Gasteiger partial charge in [-0.3, -0.25) is 5.43 Å². The predicted molar refractivity (Wildman–Crippen MR) is 116 cm³/mol. The van der Waals surface area contributed by atoms with Gasteiger partial charge >= 0.3 is 6.18 Å². The highest BCUT2D eigenvalue weighted by molar-refractivity contribution is 7.18. The van der Waals surface area contributed by atoms with Gasteiger partial charge < -0.3 is 0 Å². The van der Waals surface area contributed by atoms with E-state index in [2.05, 4.69) is 25.6 Å². The zero-order valence-corrected chi connectivity index (χ0v) is 18.2. The predicted octanol–water partition coefficient (Wildman–Crippen LogP) is 5.92. The van der Waals surface area contributed by atoms with Crippen molar-refractivity contribution in [2.24, 2.45) is 5.10 Å². The molecule has 0 atom stereocenters. The molecule has 0 amide bonds. The lowest BCUT2D eigenvalue weighted by atomic mass is 10.2. The average molecular weight is 465 g/mol. The molecule has 0 aliphatic carbocycles. The summed E-state index contributed by atoms with van der Waals surface area (Å²) in [7, 11) is 0.